The molecule has 1 heterocycles. The SMILES string of the molecule is CC(C)(C)OC(=O)N1CC(CC(=O)c2cccc(Br)c2)C1. The third-order valence-corrected chi connectivity index (χ3v) is 3.72. The fourth-order valence-corrected chi connectivity index (χ4v) is 2.62. The topological polar surface area (TPSA) is 46.6 Å². The van der Waals surface area contributed by atoms with E-state index in [1.807, 2.05) is 45.0 Å². The number of halogens is 1. The molecule has 1 aromatic carbocycles. The van der Waals surface area contributed by atoms with E-state index < -0.39 is 5.60 Å². The van der Waals surface area contributed by atoms with Crippen LogP contribution in [0.15, 0.2) is 28.7 Å². The third-order valence-electron chi connectivity index (χ3n) is 3.23. The molecule has 0 spiro atoms. The molecule has 0 aliphatic carbocycles. The van der Waals surface area contributed by atoms with E-state index in [-0.39, 0.29) is 17.8 Å². The van der Waals surface area contributed by atoms with Crippen LogP contribution in [0.2, 0.25) is 0 Å². The molecule has 0 unspecified atom stereocenters. The number of rotatable bonds is 3. The Labute approximate surface area is 133 Å². The van der Waals surface area contributed by atoms with Crippen LogP contribution in [0, 0.1) is 5.92 Å². The summed E-state index contributed by atoms with van der Waals surface area (Å²) in [5, 5.41) is 0. The Balaban J connectivity index is 1.80. The van der Waals surface area contributed by atoms with Crippen molar-refractivity contribution in [1.29, 1.82) is 0 Å². The number of benzene rings is 1. The predicted octanol–water partition coefficient (Wildman–Crippen LogP) is 3.89. The summed E-state index contributed by atoms with van der Waals surface area (Å²) in [5.41, 5.74) is 0.231. The Morgan fingerprint density at radius 2 is 2.00 bits per heavy atom. The number of ketones is 1. The molecule has 0 radical (unpaired) electrons. The zero-order chi connectivity index (χ0) is 15.6. The third kappa shape index (κ3) is 4.56. The first-order valence-electron chi connectivity index (χ1n) is 7.01. The number of ether oxygens (including phenoxy) is 1. The molecule has 1 aromatic rings. The monoisotopic (exact) mass is 353 g/mol. The molecular weight excluding hydrogens is 334 g/mol. The fourth-order valence-electron chi connectivity index (χ4n) is 2.22. The summed E-state index contributed by atoms with van der Waals surface area (Å²) in [6.07, 6.45) is 0.170. The summed E-state index contributed by atoms with van der Waals surface area (Å²) in [6.45, 7) is 6.72. The Morgan fingerprint density at radius 3 is 2.57 bits per heavy atom. The number of nitrogens with zero attached hydrogens (tertiary/aromatic N) is 1. The van der Waals surface area contributed by atoms with Crippen LogP contribution in [-0.4, -0.2) is 35.5 Å². The molecule has 1 aliphatic heterocycles. The average molecular weight is 354 g/mol. The number of carbonyl (C=O) groups excluding carboxylic acids is 2. The maximum Gasteiger partial charge on any atom is 0.410 e. The van der Waals surface area contributed by atoms with Gasteiger partial charge in [0, 0.05) is 35.5 Å². The molecule has 1 saturated heterocycles. The van der Waals surface area contributed by atoms with Crippen molar-refractivity contribution in [3.05, 3.63) is 34.3 Å². The Hall–Kier alpha value is -1.36. The van der Waals surface area contributed by atoms with Crippen LogP contribution < -0.4 is 0 Å². The molecule has 0 aromatic heterocycles. The van der Waals surface area contributed by atoms with Crippen molar-refractivity contribution in [2.75, 3.05) is 13.1 Å². The van der Waals surface area contributed by atoms with Crippen molar-refractivity contribution < 1.29 is 14.3 Å². The average Bonchev–Trinajstić information content (AvgIpc) is 2.30. The first-order chi connectivity index (χ1) is 9.74. The second-order valence-corrected chi connectivity index (χ2v) is 7.30. The molecule has 0 bridgehead atoms. The van der Waals surface area contributed by atoms with E-state index in [1.165, 1.54) is 0 Å². The molecule has 0 N–H and O–H groups in total. The molecule has 1 fully saturated rings. The Bertz CT molecular complexity index is 545. The number of carbonyl (C=O) groups is 2. The minimum atomic E-state index is -0.478. The van der Waals surface area contributed by atoms with Gasteiger partial charge in [-0.25, -0.2) is 4.79 Å². The maximum atomic E-state index is 12.1. The number of likely N-dealkylation sites (tertiary alicyclic amines) is 1. The standard InChI is InChI=1S/C16H20BrNO3/c1-16(2,3)21-15(20)18-9-11(10-18)7-14(19)12-5-4-6-13(17)8-12/h4-6,8,11H,7,9-10H2,1-3H3. The van der Waals surface area contributed by atoms with E-state index in [1.54, 1.807) is 4.90 Å². The summed E-state index contributed by atoms with van der Waals surface area (Å²) in [4.78, 5) is 25.6. The molecule has 1 aliphatic rings. The summed E-state index contributed by atoms with van der Waals surface area (Å²) in [5.74, 6) is 0.342. The predicted molar refractivity (Wildman–Crippen MR) is 84.4 cm³/mol. The summed E-state index contributed by atoms with van der Waals surface area (Å²) >= 11 is 3.36. The lowest BCUT2D eigenvalue weighted by Gasteiger charge is -2.39. The van der Waals surface area contributed by atoms with Gasteiger partial charge in [0.05, 0.1) is 0 Å². The van der Waals surface area contributed by atoms with Crippen LogP contribution >= 0.6 is 15.9 Å². The molecule has 0 saturated carbocycles. The van der Waals surface area contributed by atoms with Crippen LogP contribution in [-0.2, 0) is 4.74 Å². The summed E-state index contributed by atoms with van der Waals surface area (Å²) < 4.78 is 6.19. The second-order valence-electron chi connectivity index (χ2n) is 6.39. The molecule has 21 heavy (non-hydrogen) atoms. The van der Waals surface area contributed by atoms with Gasteiger partial charge in [0.1, 0.15) is 5.60 Å². The molecular formula is C16H20BrNO3. The van der Waals surface area contributed by atoms with Crippen LogP contribution in [0.1, 0.15) is 37.6 Å². The van der Waals surface area contributed by atoms with E-state index in [4.69, 9.17) is 4.74 Å². The van der Waals surface area contributed by atoms with E-state index in [0.29, 0.717) is 25.1 Å². The van der Waals surface area contributed by atoms with Gasteiger partial charge in [0.25, 0.3) is 0 Å². The first-order valence-corrected chi connectivity index (χ1v) is 7.80. The minimum absolute atomic E-state index is 0.116. The number of amides is 1. The van der Waals surface area contributed by atoms with Gasteiger partial charge in [-0.2, -0.15) is 0 Å². The van der Waals surface area contributed by atoms with Crippen molar-refractivity contribution in [3.8, 4) is 0 Å². The van der Waals surface area contributed by atoms with Crippen molar-refractivity contribution >= 4 is 27.8 Å². The smallest absolute Gasteiger partial charge is 0.410 e. The number of Topliss-reactive ketones (excluding diaryl/α,β-unsaturated/α-hetero) is 1. The lowest BCUT2D eigenvalue weighted by Crippen LogP contribution is -2.52. The Kier molecular flexibility index (Phi) is 4.71. The molecule has 5 heteroatoms. The van der Waals surface area contributed by atoms with E-state index >= 15 is 0 Å². The highest BCUT2D eigenvalue weighted by atomic mass is 79.9. The maximum absolute atomic E-state index is 12.1. The second kappa shape index (κ2) is 6.18. The largest absolute Gasteiger partial charge is 0.444 e. The molecule has 2 rings (SSSR count). The van der Waals surface area contributed by atoms with E-state index in [2.05, 4.69) is 15.9 Å². The lowest BCUT2D eigenvalue weighted by molar-refractivity contribution is -0.00172. The van der Waals surface area contributed by atoms with Gasteiger partial charge in [-0.15, -0.1) is 0 Å². The van der Waals surface area contributed by atoms with Crippen molar-refractivity contribution in [2.24, 2.45) is 5.92 Å². The minimum Gasteiger partial charge on any atom is -0.444 e. The number of hydrogen-bond acceptors (Lipinski definition) is 3. The van der Waals surface area contributed by atoms with Crippen LogP contribution in [0.3, 0.4) is 0 Å². The highest BCUT2D eigenvalue weighted by Gasteiger charge is 2.34. The first kappa shape index (κ1) is 16.0. The summed E-state index contributed by atoms with van der Waals surface area (Å²) in [7, 11) is 0. The zero-order valence-corrected chi connectivity index (χ0v) is 14.1. The van der Waals surface area contributed by atoms with Gasteiger partial charge >= 0.3 is 6.09 Å². The van der Waals surface area contributed by atoms with Crippen molar-refractivity contribution in [1.82, 2.24) is 4.90 Å². The van der Waals surface area contributed by atoms with Gasteiger partial charge in [-0.05, 0) is 32.9 Å². The molecule has 1 amide bonds. The van der Waals surface area contributed by atoms with Crippen LogP contribution in [0.4, 0.5) is 4.79 Å². The number of hydrogen-bond donors (Lipinski definition) is 0. The molecule has 4 nitrogen and oxygen atoms in total. The fraction of sp³-hybridized carbons (Fsp3) is 0.500. The highest BCUT2D eigenvalue weighted by Crippen LogP contribution is 2.24. The molecule has 0 atom stereocenters. The Morgan fingerprint density at radius 1 is 1.33 bits per heavy atom. The van der Waals surface area contributed by atoms with Gasteiger partial charge < -0.3 is 9.64 Å². The summed E-state index contributed by atoms with van der Waals surface area (Å²) in [6, 6.07) is 7.39. The lowest BCUT2D eigenvalue weighted by atomic mass is 9.92. The van der Waals surface area contributed by atoms with E-state index in [9.17, 15) is 9.59 Å². The van der Waals surface area contributed by atoms with Crippen molar-refractivity contribution in [3.63, 3.8) is 0 Å². The molecule has 114 valence electrons. The highest BCUT2D eigenvalue weighted by molar-refractivity contribution is 9.10. The van der Waals surface area contributed by atoms with Crippen molar-refractivity contribution in [2.45, 2.75) is 32.8 Å². The van der Waals surface area contributed by atoms with Gasteiger partial charge in [0.2, 0.25) is 0 Å². The normalized spacial score (nSPS) is 15.5. The quantitative estimate of drug-likeness (QED) is 0.774. The van der Waals surface area contributed by atoms with Gasteiger partial charge in [0.15, 0.2) is 5.78 Å². The van der Waals surface area contributed by atoms with Crippen LogP contribution in [0.25, 0.3) is 0 Å². The van der Waals surface area contributed by atoms with E-state index in [0.717, 1.165) is 4.47 Å². The van der Waals surface area contributed by atoms with Crippen LogP contribution in [0.5, 0.6) is 0 Å². The van der Waals surface area contributed by atoms with Gasteiger partial charge in [-0.1, -0.05) is 28.1 Å². The van der Waals surface area contributed by atoms with Gasteiger partial charge in [-0.3, -0.25) is 4.79 Å². The zero-order valence-electron chi connectivity index (χ0n) is 12.6.